The summed E-state index contributed by atoms with van der Waals surface area (Å²) < 4.78 is 27.0. The molecule has 0 aliphatic carbocycles. The first-order chi connectivity index (χ1) is 9.65. The average molecular weight is 273 g/mol. The van der Waals surface area contributed by atoms with Crippen LogP contribution in [-0.4, -0.2) is 10.2 Å². The Morgan fingerprint density at radius 1 is 1.20 bits per heavy atom. The van der Waals surface area contributed by atoms with Crippen molar-refractivity contribution in [3.8, 4) is 0 Å². The molecule has 102 valence electrons. The molecule has 3 rings (SSSR count). The van der Waals surface area contributed by atoms with Crippen molar-refractivity contribution in [1.82, 2.24) is 10.2 Å². The predicted molar refractivity (Wildman–Crippen MR) is 74.5 cm³/mol. The summed E-state index contributed by atoms with van der Waals surface area (Å²) in [5.74, 6) is -1.64. The fourth-order valence-electron chi connectivity index (χ4n) is 2.22. The minimum Gasteiger partial charge on any atom is -0.378 e. The lowest BCUT2D eigenvalue weighted by Gasteiger charge is -2.16. The molecular formula is C15H13F2N3. The molecule has 0 saturated carbocycles. The fraction of sp³-hybridized carbons (Fsp3) is 0.133. The van der Waals surface area contributed by atoms with Gasteiger partial charge in [-0.25, -0.2) is 8.78 Å². The SMILES string of the molecule is CC(Nc1ccc2[nH]ncc2c1)c1cccc(F)c1F. The molecule has 0 aliphatic rings. The normalized spacial score (nSPS) is 12.6. The maximum Gasteiger partial charge on any atom is 0.164 e. The summed E-state index contributed by atoms with van der Waals surface area (Å²) in [6.45, 7) is 1.79. The van der Waals surface area contributed by atoms with Crippen LogP contribution < -0.4 is 5.32 Å². The number of fused-ring (bicyclic) bond motifs is 1. The van der Waals surface area contributed by atoms with Gasteiger partial charge in [0.15, 0.2) is 11.6 Å². The quantitative estimate of drug-likeness (QED) is 0.756. The smallest absolute Gasteiger partial charge is 0.164 e. The first-order valence-electron chi connectivity index (χ1n) is 6.29. The molecule has 2 aromatic carbocycles. The van der Waals surface area contributed by atoms with E-state index in [1.54, 1.807) is 19.2 Å². The Morgan fingerprint density at radius 3 is 2.90 bits per heavy atom. The van der Waals surface area contributed by atoms with Crippen molar-refractivity contribution in [2.24, 2.45) is 0 Å². The van der Waals surface area contributed by atoms with Gasteiger partial charge in [0.05, 0.1) is 17.8 Å². The largest absolute Gasteiger partial charge is 0.378 e. The maximum atomic E-state index is 13.7. The fourth-order valence-corrected chi connectivity index (χ4v) is 2.22. The molecule has 0 fully saturated rings. The molecule has 0 radical (unpaired) electrons. The maximum absolute atomic E-state index is 13.7. The molecule has 1 heterocycles. The van der Waals surface area contributed by atoms with Crippen molar-refractivity contribution in [1.29, 1.82) is 0 Å². The number of hydrogen-bond acceptors (Lipinski definition) is 2. The van der Waals surface area contributed by atoms with Crippen LogP contribution in [-0.2, 0) is 0 Å². The van der Waals surface area contributed by atoms with E-state index in [0.29, 0.717) is 5.56 Å². The second kappa shape index (κ2) is 4.92. The molecular weight excluding hydrogens is 260 g/mol. The van der Waals surface area contributed by atoms with E-state index in [1.807, 2.05) is 18.2 Å². The van der Waals surface area contributed by atoms with Gasteiger partial charge in [-0.1, -0.05) is 12.1 Å². The molecule has 20 heavy (non-hydrogen) atoms. The van der Waals surface area contributed by atoms with Crippen molar-refractivity contribution in [2.75, 3.05) is 5.32 Å². The lowest BCUT2D eigenvalue weighted by molar-refractivity contribution is 0.494. The predicted octanol–water partition coefficient (Wildman–Crippen LogP) is 4.01. The van der Waals surface area contributed by atoms with Crippen LogP contribution >= 0.6 is 0 Å². The topological polar surface area (TPSA) is 40.7 Å². The molecule has 0 spiro atoms. The molecule has 5 heteroatoms. The van der Waals surface area contributed by atoms with Gasteiger partial charge in [0.25, 0.3) is 0 Å². The highest BCUT2D eigenvalue weighted by Crippen LogP contribution is 2.24. The summed E-state index contributed by atoms with van der Waals surface area (Å²) in [5.41, 5.74) is 2.06. The number of aromatic nitrogens is 2. The van der Waals surface area contributed by atoms with Gasteiger partial charge in [0, 0.05) is 16.6 Å². The summed E-state index contributed by atoms with van der Waals surface area (Å²) in [6, 6.07) is 9.52. The number of nitrogens with one attached hydrogen (secondary N) is 2. The molecule has 0 bridgehead atoms. The summed E-state index contributed by atoms with van der Waals surface area (Å²) in [6.07, 6.45) is 1.72. The average Bonchev–Trinajstić information content (AvgIpc) is 2.89. The number of hydrogen-bond donors (Lipinski definition) is 2. The Balaban J connectivity index is 1.87. The summed E-state index contributed by atoms with van der Waals surface area (Å²) in [5, 5.41) is 10.9. The Hall–Kier alpha value is -2.43. The Kier molecular flexibility index (Phi) is 3.10. The van der Waals surface area contributed by atoms with E-state index >= 15 is 0 Å². The van der Waals surface area contributed by atoms with Crippen LogP contribution in [0.25, 0.3) is 10.9 Å². The van der Waals surface area contributed by atoms with Crippen LogP contribution in [0.4, 0.5) is 14.5 Å². The molecule has 2 N–H and O–H groups in total. The van der Waals surface area contributed by atoms with E-state index in [4.69, 9.17) is 0 Å². The van der Waals surface area contributed by atoms with E-state index < -0.39 is 11.6 Å². The van der Waals surface area contributed by atoms with E-state index in [-0.39, 0.29) is 6.04 Å². The van der Waals surface area contributed by atoms with E-state index in [0.717, 1.165) is 22.7 Å². The highest BCUT2D eigenvalue weighted by atomic mass is 19.2. The summed E-state index contributed by atoms with van der Waals surface area (Å²) >= 11 is 0. The van der Waals surface area contributed by atoms with Gasteiger partial charge in [0.1, 0.15) is 0 Å². The summed E-state index contributed by atoms with van der Waals surface area (Å²) in [4.78, 5) is 0. The zero-order chi connectivity index (χ0) is 14.1. The second-order valence-electron chi connectivity index (χ2n) is 4.68. The Bertz CT molecular complexity index is 752. The zero-order valence-electron chi connectivity index (χ0n) is 10.8. The number of aromatic amines is 1. The van der Waals surface area contributed by atoms with Crippen LogP contribution in [0.1, 0.15) is 18.5 Å². The van der Waals surface area contributed by atoms with E-state index in [9.17, 15) is 8.78 Å². The van der Waals surface area contributed by atoms with Crippen molar-refractivity contribution >= 4 is 16.6 Å². The third-order valence-electron chi connectivity index (χ3n) is 3.27. The van der Waals surface area contributed by atoms with Gasteiger partial charge in [-0.15, -0.1) is 0 Å². The number of anilines is 1. The van der Waals surface area contributed by atoms with Crippen molar-refractivity contribution < 1.29 is 8.78 Å². The van der Waals surface area contributed by atoms with Gasteiger partial charge in [-0.2, -0.15) is 5.10 Å². The van der Waals surface area contributed by atoms with E-state index in [1.165, 1.54) is 6.07 Å². The molecule has 1 atom stereocenters. The molecule has 0 amide bonds. The zero-order valence-corrected chi connectivity index (χ0v) is 10.8. The minimum atomic E-state index is -0.832. The number of nitrogens with zero attached hydrogens (tertiary/aromatic N) is 1. The molecule has 1 aromatic heterocycles. The van der Waals surface area contributed by atoms with Crippen molar-refractivity contribution in [3.05, 3.63) is 59.8 Å². The third-order valence-corrected chi connectivity index (χ3v) is 3.27. The summed E-state index contributed by atoms with van der Waals surface area (Å²) in [7, 11) is 0. The van der Waals surface area contributed by atoms with Gasteiger partial charge in [-0.3, -0.25) is 5.10 Å². The van der Waals surface area contributed by atoms with Crippen LogP contribution in [0.3, 0.4) is 0 Å². The van der Waals surface area contributed by atoms with Crippen LogP contribution in [0.5, 0.6) is 0 Å². The minimum absolute atomic E-state index is 0.303. The van der Waals surface area contributed by atoms with Gasteiger partial charge in [0.2, 0.25) is 0 Å². The molecule has 0 saturated heterocycles. The van der Waals surface area contributed by atoms with Crippen molar-refractivity contribution in [2.45, 2.75) is 13.0 Å². The third kappa shape index (κ3) is 2.22. The number of benzene rings is 2. The monoisotopic (exact) mass is 273 g/mol. The highest BCUT2D eigenvalue weighted by Gasteiger charge is 2.14. The van der Waals surface area contributed by atoms with E-state index in [2.05, 4.69) is 15.5 Å². The van der Waals surface area contributed by atoms with Gasteiger partial charge >= 0.3 is 0 Å². The number of H-pyrrole nitrogens is 1. The second-order valence-corrected chi connectivity index (χ2v) is 4.68. The first kappa shape index (κ1) is 12.6. The number of halogens is 2. The Morgan fingerprint density at radius 2 is 2.05 bits per heavy atom. The first-order valence-corrected chi connectivity index (χ1v) is 6.29. The molecule has 0 aliphatic heterocycles. The highest BCUT2D eigenvalue weighted by molar-refractivity contribution is 5.81. The van der Waals surface area contributed by atoms with Gasteiger partial charge < -0.3 is 5.32 Å². The standard InChI is InChI=1S/C15H13F2N3/c1-9(12-3-2-4-13(16)15(12)17)19-11-5-6-14-10(7-11)8-18-20-14/h2-9,19H,1H3,(H,18,20). The van der Waals surface area contributed by atoms with Gasteiger partial charge in [-0.05, 0) is 31.2 Å². The molecule has 1 unspecified atom stereocenters. The van der Waals surface area contributed by atoms with Crippen molar-refractivity contribution in [3.63, 3.8) is 0 Å². The lowest BCUT2D eigenvalue weighted by atomic mass is 10.1. The van der Waals surface area contributed by atoms with Crippen LogP contribution in [0, 0.1) is 11.6 Å². The lowest BCUT2D eigenvalue weighted by Crippen LogP contribution is -2.09. The molecule has 3 nitrogen and oxygen atoms in total. The number of rotatable bonds is 3. The molecule has 3 aromatic rings. The van der Waals surface area contributed by atoms with Crippen LogP contribution in [0.15, 0.2) is 42.6 Å². The Labute approximate surface area is 114 Å². The van der Waals surface area contributed by atoms with Crippen LogP contribution in [0.2, 0.25) is 0 Å².